The van der Waals surface area contributed by atoms with Crippen LogP contribution in [-0.2, 0) is 4.79 Å². The Balaban J connectivity index is 1.82. The van der Waals surface area contributed by atoms with Gasteiger partial charge in [0.05, 0.1) is 0 Å². The van der Waals surface area contributed by atoms with E-state index in [2.05, 4.69) is 11.9 Å². The minimum atomic E-state index is 0.362. The Labute approximate surface area is 67.6 Å². The third kappa shape index (κ3) is 1.09. The van der Waals surface area contributed by atoms with Gasteiger partial charge in [-0.2, -0.15) is 0 Å². The van der Waals surface area contributed by atoms with E-state index in [-0.39, 0.29) is 0 Å². The van der Waals surface area contributed by atoms with Gasteiger partial charge in [-0.15, -0.1) is 0 Å². The third-order valence-corrected chi connectivity index (χ3v) is 3.06. The molecule has 0 amide bonds. The van der Waals surface area contributed by atoms with Gasteiger partial charge in [0.2, 0.25) is 0 Å². The highest BCUT2D eigenvalue weighted by Crippen LogP contribution is 2.59. The maximum absolute atomic E-state index is 10.8. The van der Waals surface area contributed by atoms with Crippen LogP contribution in [0.2, 0.25) is 0 Å². The molecule has 0 N–H and O–H groups in total. The lowest BCUT2D eigenvalue weighted by Crippen LogP contribution is -2.46. The second-order valence-corrected chi connectivity index (χ2v) is 4.34. The number of likely N-dealkylation sites (tertiary alicyclic amines) is 1. The van der Waals surface area contributed by atoms with Crippen LogP contribution in [-0.4, -0.2) is 30.8 Å². The van der Waals surface area contributed by atoms with Crippen molar-refractivity contribution in [2.75, 3.05) is 20.1 Å². The number of rotatable bonds is 2. The summed E-state index contributed by atoms with van der Waals surface area (Å²) in [7, 11) is 2.15. The minimum Gasteiger partial charge on any atom is -0.305 e. The molecule has 2 rings (SSSR count). The second kappa shape index (κ2) is 2.07. The van der Waals surface area contributed by atoms with E-state index in [0.717, 1.165) is 12.3 Å². The zero-order chi connectivity index (χ0) is 8.06. The molecular weight excluding hydrogens is 138 g/mol. The molecule has 1 heterocycles. The molecule has 2 heteroatoms. The van der Waals surface area contributed by atoms with Gasteiger partial charge in [0, 0.05) is 19.5 Å². The van der Waals surface area contributed by atoms with E-state index in [0.29, 0.717) is 11.2 Å². The molecule has 1 aliphatic heterocycles. The fourth-order valence-corrected chi connectivity index (χ4v) is 2.48. The molecule has 0 aromatic heterocycles. The van der Waals surface area contributed by atoms with E-state index < -0.39 is 0 Å². The van der Waals surface area contributed by atoms with E-state index in [9.17, 15) is 4.79 Å². The van der Waals surface area contributed by atoms with Gasteiger partial charge >= 0.3 is 0 Å². The minimum absolute atomic E-state index is 0.362. The van der Waals surface area contributed by atoms with Gasteiger partial charge in [-0.3, -0.25) is 0 Å². The molecule has 2 fully saturated rings. The summed E-state index contributed by atoms with van der Waals surface area (Å²) >= 11 is 0. The summed E-state index contributed by atoms with van der Waals surface area (Å²) in [4.78, 5) is 13.1. The monoisotopic (exact) mass is 153 g/mol. The fourth-order valence-electron chi connectivity index (χ4n) is 2.48. The van der Waals surface area contributed by atoms with E-state index in [1.165, 1.54) is 19.5 Å². The number of carbonyl (C=O) groups is 1. The molecule has 1 saturated heterocycles. The van der Waals surface area contributed by atoms with Crippen molar-refractivity contribution in [1.29, 1.82) is 0 Å². The number of hydrogen-bond acceptors (Lipinski definition) is 2. The Bertz CT molecular complexity index is 194. The predicted octanol–water partition coefficient (Wildman–Crippen LogP) is 0.917. The highest BCUT2D eigenvalue weighted by Gasteiger charge is 2.59. The maximum atomic E-state index is 10.8. The summed E-state index contributed by atoms with van der Waals surface area (Å²) in [5, 5.41) is 0. The van der Waals surface area contributed by atoms with Crippen molar-refractivity contribution in [2.24, 2.45) is 11.3 Å². The Morgan fingerprint density at radius 3 is 2.73 bits per heavy atom. The molecule has 1 saturated carbocycles. The lowest BCUT2D eigenvalue weighted by Gasteiger charge is -2.38. The Kier molecular flexibility index (Phi) is 1.37. The number of nitrogens with zero attached hydrogens (tertiary/aromatic N) is 1. The predicted molar refractivity (Wildman–Crippen MR) is 43.3 cm³/mol. The lowest BCUT2D eigenvalue weighted by molar-refractivity contribution is -0.117. The van der Waals surface area contributed by atoms with Crippen LogP contribution in [0.25, 0.3) is 0 Å². The molecule has 1 unspecified atom stereocenters. The smallest absolute Gasteiger partial charge is 0.130 e. The van der Waals surface area contributed by atoms with Crippen LogP contribution >= 0.6 is 0 Å². The first-order valence-corrected chi connectivity index (χ1v) is 4.30. The summed E-state index contributed by atoms with van der Waals surface area (Å²) < 4.78 is 0. The van der Waals surface area contributed by atoms with Gasteiger partial charge in [-0.25, -0.2) is 0 Å². The largest absolute Gasteiger partial charge is 0.305 e. The van der Waals surface area contributed by atoms with Crippen LogP contribution in [0.4, 0.5) is 0 Å². The van der Waals surface area contributed by atoms with E-state index in [4.69, 9.17) is 0 Å². The summed E-state index contributed by atoms with van der Waals surface area (Å²) in [6, 6.07) is 0. The molecule has 1 aliphatic carbocycles. The summed E-state index contributed by atoms with van der Waals surface area (Å²) in [6.45, 7) is 4.16. The Morgan fingerprint density at radius 2 is 2.27 bits per heavy atom. The van der Waals surface area contributed by atoms with Crippen molar-refractivity contribution in [3.8, 4) is 0 Å². The van der Waals surface area contributed by atoms with E-state index in [1.807, 2.05) is 0 Å². The summed E-state index contributed by atoms with van der Waals surface area (Å²) in [6.07, 6.45) is 2.13. The standard InChI is InChI=1S/C9H15NO/c1-7(11)3-8-4-9(8)5-10(2)6-9/h8H,3-6H2,1-2H3. The van der Waals surface area contributed by atoms with Crippen molar-refractivity contribution in [3.05, 3.63) is 0 Å². The van der Waals surface area contributed by atoms with Gasteiger partial charge in [-0.1, -0.05) is 0 Å². The SMILES string of the molecule is CC(=O)CC1CC12CN(C)C2. The van der Waals surface area contributed by atoms with Crippen molar-refractivity contribution in [1.82, 2.24) is 4.90 Å². The van der Waals surface area contributed by atoms with Gasteiger partial charge in [-0.05, 0) is 31.7 Å². The van der Waals surface area contributed by atoms with Crippen molar-refractivity contribution < 1.29 is 4.79 Å². The molecule has 62 valence electrons. The third-order valence-electron chi connectivity index (χ3n) is 3.06. The number of ketones is 1. The van der Waals surface area contributed by atoms with Crippen LogP contribution in [0.3, 0.4) is 0 Å². The zero-order valence-electron chi connectivity index (χ0n) is 7.26. The molecule has 2 nitrogen and oxygen atoms in total. The summed E-state index contributed by atoms with van der Waals surface area (Å²) in [5.41, 5.74) is 0.598. The van der Waals surface area contributed by atoms with Crippen molar-refractivity contribution in [2.45, 2.75) is 19.8 Å². The Morgan fingerprint density at radius 1 is 1.64 bits per heavy atom. The maximum Gasteiger partial charge on any atom is 0.130 e. The van der Waals surface area contributed by atoms with Crippen molar-refractivity contribution in [3.63, 3.8) is 0 Å². The first kappa shape index (κ1) is 7.29. The molecule has 1 spiro atoms. The van der Waals surface area contributed by atoms with Gasteiger partial charge in [0.15, 0.2) is 0 Å². The number of carbonyl (C=O) groups excluding carboxylic acids is 1. The highest BCUT2D eigenvalue weighted by molar-refractivity contribution is 5.76. The van der Waals surface area contributed by atoms with Gasteiger partial charge < -0.3 is 9.69 Å². The van der Waals surface area contributed by atoms with Gasteiger partial charge in [0.1, 0.15) is 5.78 Å². The molecule has 1 atom stereocenters. The zero-order valence-corrected chi connectivity index (χ0v) is 7.26. The number of Topliss-reactive ketones (excluding diaryl/α,β-unsaturated/α-hetero) is 1. The first-order valence-electron chi connectivity index (χ1n) is 4.30. The second-order valence-electron chi connectivity index (χ2n) is 4.34. The normalized spacial score (nSPS) is 33.5. The van der Waals surface area contributed by atoms with Crippen LogP contribution in [0.1, 0.15) is 19.8 Å². The quantitative estimate of drug-likeness (QED) is 0.588. The van der Waals surface area contributed by atoms with Crippen molar-refractivity contribution >= 4 is 5.78 Å². The Hall–Kier alpha value is -0.370. The topological polar surface area (TPSA) is 20.3 Å². The molecule has 11 heavy (non-hydrogen) atoms. The lowest BCUT2D eigenvalue weighted by atomic mass is 9.93. The molecule has 0 bridgehead atoms. The molecule has 0 aromatic rings. The van der Waals surface area contributed by atoms with E-state index in [1.54, 1.807) is 6.92 Å². The van der Waals surface area contributed by atoms with Crippen LogP contribution < -0.4 is 0 Å². The molecule has 0 radical (unpaired) electrons. The average Bonchev–Trinajstić information content (AvgIpc) is 2.39. The molecule has 2 aliphatic rings. The highest BCUT2D eigenvalue weighted by atomic mass is 16.1. The van der Waals surface area contributed by atoms with Gasteiger partial charge in [0.25, 0.3) is 0 Å². The first-order chi connectivity index (χ1) is 5.12. The van der Waals surface area contributed by atoms with Crippen LogP contribution in [0.15, 0.2) is 0 Å². The average molecular weight is 153 g/mol. The fraction of sp³-hybridized carbons (Fsp3) is 0.889. The van der Waals surface area contributed by atoms with Crippen LogP contribution in [0, 0.1) is 11.3 Å². The number of hydrogen-bond donors (Lipinski definition) is 0. The van der Waals surface area contributed by atoms with Crippen LogP contribution in [0.5, 0.6) is 0 Å². The molecule has 0 aromatic carbocycles. The summed E-state index contributed by atoms with van der Waals surface area (Å²) in [5.74, 6) is 1.10. The van der Waals surface area contributed by atoms with E-state index >= 15 is 0 Å². The molecular formula is C9H15NO.